The van der Waals surface area contributed by atoms with Crippen LogP contribution < -0.4 is 5.32 Å². The van der Waals surface area contributed by atoms with Gasteiger partial charge in [-0.1, -0.05) is 11.2 Å². The number of nitrogens with zero attached hydrogens (tertiary/aromatic N) is 4. The number of hydrogen-bond donors (Lipinski definition) is 1. The molecule has 0 aliphatic carbocycles. The molecular formula is C12H13N5O. The molecule has 0 saturated carbocycles. The quantitative estimate of drug-likeness (QED) is 0.761. The molecule has 0 spiro atoms. The van der Waals surface area contributed by atoms with Crippen molar-refractivity contribution >= 4 is 11.7 Å². The van der Waals surface area contributed by atoms with Gasteiger partial charge in [0.2, 0.25) is 0 Å². The molecule has 18 heavy (non-hydrogen) atoms. The van der Waals surface area contributed by atoms with Crippen LogP contribution in [0.4, 0.5) is 6.01 Å². The molecule has 0 aromatic carbocycles. The summed E-state index contributed by atoms with van der Waals surface area (Å²) in [5.41, 5.74) is 3.17. The van der Waals surface area contributed by atoms with Gasteiger partial charge < -0.3 is 14.2 Å². The van der Waals surface area contributed by atoms with E-state index in [2.05, 4.69) is 33.6 Å². The maximum absolute atomic E-state index is 5.00. The van der Waals surface area contributed by atoms with E-state index in [1.807, 2.05) is 22.7 Å². The predicted octanol–water partition coefficient (Wildman–Crippen LogP) is 1.95. The number of anilines is 1. The number of rotatable bonds is 3. The van der Waals surface area contributed by atoms with Crippen molar-refractivity contribution < 1.29 is 4.52 Å². The first kappa shape index (κ1) is 10.8. The normalized spacial score (nSPS) is 11.0. The number of fused-ring (bicyclic) bond motifs is 1. The van der Waals surface area contributed by atoms with Crippen LogP contribution in [0.2, 0.25) is 0 Å². The van der Waals surface area contributed by atoms with E-state index >= 15 is 0 Å². The second-order valence-electron chi connectivity index (χ2n) is 4.18. The van der Waals surface area contributed by atoms with Crippen LogP contribution in [0.1, 0.15) is 17.1 Å². The standard InChI is InChI=1S/C12H13N5O/c1-8-3-4-11-13-5-10(17(11)7-8)6-14-12-15-9(2)16-18-12/h3-5,7H,6H2,1-2H3,(H,14,15,16). The lowest BCUT2D eigenvalue weighted by atomic mass is 10.3. The molecule has 1 N–H and O–H groups in total. The molecule has 0 fully saturated rings. The van der Waals surface area contributed by atoms with Crippen LogP contribution in [0.5, 0.6) is 0 Å². The molecule has 3 rings (SSSR count). The van der Waals surface area contributed by atoms with E-state index in [0.29, 0.717) is 18.4 Å². The molecule has 3 aromatic heterocycles. The van der Waals surface area contributed by atoms with Gasteiger partial charge in [0.15, 0.2) is 5.82 Å². The van der Waals surface area contributed by atoms with Crippen molar-refractivity contribution in [2.24, 2.45) is 0 Å². The third-order valence-corrected chi connectivity index (χ3v) is 2.68. The molecule has 0 bridgehead atoms. The summed E-state index contributed by atoms with van der Waals surface area (Å²) in [7, 11) is 0. The van der Waals surface area contributed by atoms with E-state index in [1.54, 1.807) is 6.92 Å². The summed E-state index contributed by atoms with van der Waals surface area (Å²) in [6.07, 6.45) is 3.89. The molecule has 3 aromatic rings. The number of imidazole rings is 1. The lowest BCUT2D eigenvalue weighted by Crippen LogP contribution is -2.03. The molecule has 0 radical (unpaired) electrons. The number of nitrogens with one attached hydrogen (secondary N) is 1. The highest BCUT2D eigenvalue weighted by Crippen LogP contribution is 2.10. The molecule has 92 valence electrons. The highest BCUT2D eigenvalue weighted by atomic mass is 16.5. The Kier molecular flexibility index (Phi) is 2.47. The van der Waals surface area contributed by atoms with Crippen molar-refractivity contribution in [2.75, 3.05) is 5.32 Å². The molecule has 3 heterocycles. The second-order valence-corrected chi connectivity index (χ2v) is 4.18. The van der Waals surface area contributed by atoms with Crippen molar-refractivity contribution in [1.82, 2.24) is 19.5 Å². The third kappa shape index (κ3) is 1.92. The van der Waals surface area contributed by atoms with Gasteiger partial charge in [0.1, 0.15) is 5.65 Å². The van der Waals surface area contributed by atoms with E-state index in [0.717, 1.165) is 11.3 Å². The third-order valence-electron chi connectivity index (χ3n) is 2.68. The van der Waals surface area contributed by atoms with Gasteiger partial charge in [-0.25, -0.2) is 4.98 Å². The second kappa shape index (κ2) is 4.14. The van der Waals surface area contributed by atoms with Crippen LogP contribution in [-0.2, 0) is 6.54 Å². The van der Waals surface area contributed by atoms with Crippen LogP contribution in [0.25, 0.3) is 5.65 Å². The van der Waals surface area contributed by atoms with Gasteiger partial charge in [-0.05, 0) is 25.5 Å². The highest BCUT2D eigenvalue weighted by Gasteiger charge is 2.05. The Morgan fingerprint density at radius 2 is 2.22 bits per heavy atom. The van der Waals surface area contributed by atoms with Gasteiger partial charge in [-0.3, -0.25) is 0 Å². The lowest BCUT2D eigenvalue weighted by Gasteiger charge is -2.02. The van der Waals surface area contributed by atoms with Crippen LogP contribution in [-0.4, -0.2) is 19.5 Å². The zero-order valence-electron chi connectivity index (χ0n) is 10.2. The number of aromatic nitrogens is 4. The fraction of sp³-hybridized carbons (Fsp3) is 0.250. The summed E-state index contributed by atoms with van der Waals surface area (Å²) in [6, 6.07) is 4.46. The Bertz CT molecular complexity index is 685. The topological polar surface area (TPSA) is 68.2 Å². The predicted molar refractivity (Wildman–Crippen MR) is 66.3 cm³/mol. The SMILES string of the molecule is Cc1ccc2ncc(CNc3nc(C)no3)n2c1. The first-order valence-corrected chi connectivity index (χ1v) is 5.69. The molecule has 0 atom stereocenters. The van der Waals surface area contributed by atoms with Gasteiger partial charge in [0, 0.05) is 6.20 Å². The van der Waals surface area contributed by atoms with Crippen molar-refractivity contribution in [1.29, 1.82) is 0 Å². The molecule has 0 amide bonds. The van der Waals surface area contributed by atoms with E-state index in [4.69, 9.17) is 4.52 Å². The number of hydrogen-bond acceptors (Lipinski definition) is 5. The maximum Gasteiger partial charge on any atom is 0.321 e. The van der Waals surface area contributed by atoms with Gasteiger partial charge in [0.25, 0.3) is 0 Å². The molecule has 0 saturated heterocycles. The Hall–Kier alpha value is -2.37. The molecule has 6 heteroatoms. The summed E-state index contributed by atoms with van der Waals surface area (Å²) in [6.45, 7) is 4.43. The lowest BCUT2D eigenvalue weighted by molar-refractivity contribution is 0.425. The first-order chi connectivity index (χ1) is 8.72. The minimum atomic E-state index is 0.426. The van der Waals surface area contributed by atoms with E-state index < -0.39 is 0 Å². The Morgan fingerprint density at radius 3 is 3.00 bits per heavy atom. The molecule has 6 nitrogen and oxygen atoms in total. The van der Waals surface area contributed by atoms with Crippen molar-refractivity contribution in [2.45, 2.75) is 20.4 Å². The van der Waals surface area contributed by atoms with Crippen LogP contribution in [0.3, 0.4) is 0 Å². The summed E-state index contributed by atoms with van der Waals surface area (Å²) in [5.74, 6) is 0.617. The monoisotopic (exact) mass is 243 g/mol. The largest absolute Gasteiger partial charge is 0.332 e. The molecule has 0 aliphatic heterocycles. The Labute approximate surface area is 104 Å². The molecule has 0 unspecified atom stereocenters. The molecular weight excluding hydrogens is 230 g/mol. The first-order valence-electron chi connectivity index (χ1n) is 5.69. The highest BCUT2D eigenvalue weighted by molar-refractivity contribution is 5.42. The van der Waals surface area contributed by atoms with Crippen molar-refractivity contribution in [3.05, 3.63) is 41.6 Å². The molecule has 0 aliphatic rings. The summed E-state index contributed by atoms with van der Waals surface area (Å²) in [4.78, 5) is 8.42. The summed E-state index contributed by atoms with van der Waals surface area (Å²) in [5, 5.41) is 6.80. The van der Waals surface area contributed by atoms with Crippen LogP contribution in [0, 0.1) is 13.8 Å². The minimum Gasteiger partial charge on any atom is -0.332 e. The van der Waals surface area contributed by atoms with Crippen LogP contribution in [0.15, 0.2) is 29.0 Å². The van der Waals surface area contributed by atoms with E-state index in [1.165, 1.54) is 5.56 Å². The van der Waals surface area contributed by atoms with Gasteiger partial charge in [-0.15, -0.1) is 0 Å². The fourth-order valence-corrected chi connectivity index (χ4v) is 1.80. The van der Waals surface area contributed by atoms with Crippen LogP contribution >= 0.6 is 0 Å². The smallest absolute Gasteiger partial charge is 0.321 e. The zero-order valence-corrected chi connectivity index (χ0v) is 10.2. The van der Waals surface area contributed by atoms with E-state index in [9.17, 15) is 0 Å². The minimum absolute atomic E-state index is 0.426. The number of aryl methyl sites for hydroxylation is 2. The Morgan fingerprint density at radius 1 is 1.33 bits per heavy atom. The van der Waals surface area contributed by atoms with Crippen molar-refractivity contribution in [3.8, 4) is 0 Å². The fourth-order valence-electron chi connectivity index (χ4n) is 1.80. The summed E-state index contributed by atoms with van der Waals surface area (Å²) >= 11 is 0. The van der Waals surface area contributed by atoms with Gasteiger partial charge >= 0.3 is 6.01 Å². The van der Waals surface area contributed by atoms with Gasteiger partial charge in [0.05, 0.1) is 18.4 Å². The maximum atomic E-state index is 5.00. The zero-order chi connectivity index (χ0) is 12.5. The average Bonchev–Trinajstić information content (AvgIpc) is 2.93. The Balaban J connectivity index is 1.84. The van der Waals surface area contributed by atoms with Gasteiger partial charge in [-0.2, -0.15) is 4.98 Å². The number of pyridine rings is 1. The summed E-state index contributed by atoms with van der Waals surface area (Å²) < 4.78 is 7.04. The van der Waals surface area contributed by atoms with E-state index in [-0.39, 0.29) is 0 Å². The van der Waals surface area contributed by atoms with Crippen molar-refractivity contribution in [3.63, 3.8) is 0 Å². The average molecular weight is 243 g/mol.